The minimum absolute atomic E-state index is 0.0792. The lowest BCUT2D eigenvalue weighted by molar-refractivity contribution is -0.132. The lowest BCUT2D eigenvalue weighted by Gasteiger charge is -2.28. The van der Waals surface area contributed by atoms with Gasteiger partial charge in [-0.1, -0.05) is 18.2 Å². The molecule has 1 saturated heterocycles. The van der Waals surface area contributed by atoms with Gasteiger partial charge in [-0.3, -0.25) is 4.79 Å². The maximum absolute atomic E-state index is 12.3. The molecular formula is C15H19N3OS. The number of aromatic nitrogens is 1. The molecule has 0 radical (unpaired) electrons. The van der Waals surface area contributed by atoms with Gasteiger partial charge in [0.05, 0.1) is 6.04 Å². The topological polar surface area (TPSA) is 62.1 Å². The number of nitrogens with two attached hydrogens (primary N) is 1. The summed E-state index contributed by atoms with van der Waals surface area (Å²) < 4.78 is 0. The fourth-order valence-corrected chi connectivity index (χ4v) is 3.55. The van der Waals surface area contributed by atoms with Gasteiger partial charge in [0.1, 0.15) is 0 Å². The van der Waals surface area contributed by atoms with E-state index in [0.29, 0.717) is 6.42 Å². The maximum Gasteiger partial charge on any atom is 0.239 e. The Balaban J connectivity index is 1.71. The van der Waals surface area contributed by atoms with Crippen molar-refractivity contribution >= 4 is 28.6 Å². The highest BCUT2D eigenvalue weighted by Crippen LogP contribution is 2.19. The maximum atomic E-state index is 12.3. The summed E-state index contributed by atoms with van der Waals surface area (Å²) in [6.07, 6.45) is 2.55. The molecule has 3 N–H and O–H groups in total. The number of hydrogen-bond acceptors (Lipinski definition) is 3. The molecule has 1 aromatic heterocycles. The van der Waals surface area contributed by atoms with E-state index in [-0.39, 0.29) is 5.91 Å². The van der Waals surface area contributed by atoms with Crippen molar-refractivity contribution in [3.8, 4) is 0 Å². The van der Waals surface area contributed by atoms with Gasteiger partial charge in [-0.15, -0.1) is 0 Å². The number of benzene rings is 1. The molecule has 106 valence electrons. The summed E-state index contributed by atoms with van der Waals surface area (Å²) in [5.41, 5.74) is 8.33. The number of carbonyl (C=O) groups excluding carboxylic acids is 1. The van der Waals surface area contributed by atoms with Crippen molar-refractivity contribution in [1.82, 2.24) is 9.88 Å². The Morgan fingerprint density at radius 1 is 1.35 bits per heavy atom. The molecule has 0 aliphatic carbocycles. The summed E-state index contributed by atoms with van der Waals surface area (Å²) >= 11 is 1.90. The van der Waals surface area contributed by atoms with E-state index in [4.69, 9.17) is 5.73 Å². The van der Waals surface area contributed by atoms with Crippen LogP contribution >= 0.6 is 11.8 Å². The lowest BCUT2D eigenvalue weighted by Crippen LogP contribution is -2.48. The first-order valence-electron chi connectivity index (χ1n) is 6.93. The zero-order chi connectivity index (χ0) is 13.9. The van der Waals surface area contributed by atoms with Crippen LogP contribution in [0.2, 0.25) is 0 Å². The van der Waals surface area contributed by atoms with Crippen molar-refractivity contribution in [3.63, 3.8) is 0 Å². The van der Waals surface area contributed by atoms with Crippen LogP contribution < -0.4 is 5.73 Å². The number of fused-ring (bicyclic) bond motifs is 1. The van der Waals surface area contributed by atoms with Gasteiger partial charge in [-0.25, -0.2) is 0 Å². The molecule has 1 atom stereocenters. The Morgan fingerprint density at radius 2 is 2.10 bits per heavy atom. The zero-order valence-corrected chi connectivity index (χ0v) is 12.2. The zero-order valence-electron chi connectivity index (χ0n) is 11.3. The number of nitrogens with one attached hydrogen (secondary N) is 1. The summed E-state index contributed by atoms with van der Waals surface area (Å²) in [6, 6.07) is 7.66. The van der Waals surface area contributed by atoms with Crippen molar-refractivity contribution in [2.24, 2.45) is 5.73 Å². The fraction of sp³-hybridized carbons (Fsp3) is 0.400. The van der Waals surface area contributed by atoms with Gasteiger partial charge in [0.15, 0.2) is 0 Å². The van der Waals surface area contributed by atoms with Crippen LogP contribution in [0.15, 0.2) is 30.5 Å². The van der Waals surface area contributed by atoms with Crippen molar-refractivity contribution in [1.29, 1.82) is 0 Å². The number of aromatic amines is 1. The molecule has 1 aliphatic heterocycles. The number of para-hydroxylation sites is 1. The number of nitrogens with zero attached hydrogens (tertiary/aromatic N) is 1. The molecule has 1 aromatic carbocycles. The Labute approximate surface area is 122 Å². The van der Waals surface area contributed by atoms with E-state index < -0.39 is 6.04 Å². The van der Waals surface area contributed by atoms with Gasteiger partial charge in [0, 0.05) is 41.7 Å². The second kappa shape index (κ2) is 5.89. The average Bonchev–Trinajstić information content (AvgIpc) is 2.91. The van der Waals surface area contributed by atoms with E-state index in [2.05, 4.69) is 11.1 Å². The van der Waals surface area contributed by atoms with Crippen molar-refractivity contribution < 1.29 is 4.79 Å². The molecule has 20 heavy (non-hydrogen) atoms. The van der Waals surface area contributed by atoms with E-state index in [1.807, 2.05) is 41.1 Å². The van der Waals surface area contributed by atoms with E-state index in [0.717, 1.165) is 41.1 Å². The van der Waals surface area contributed by atoms with E-state index >= 15 is 0 Å². The van der Waals surface area contributed by atoms with Crippen LogP contribution in [-0.2, 0) is 11.2 Å². The molecule has 2 heterocycles. The van der Waals surface area contributed by atoms with Gasteiger partial charge < -0.3 is 15.6 Å². The number of hydrogen-bond donors (Lipinski definition) is 2. The molecular weight excluding hydrogens is 270 g/mol. The molecule has 1 aliphatic rings. The van der Waals surface area contributed by atoms with Crippen LogP contribution in [0.25, 0.3) is 10.9 Å². The Morgan fingerprint density at radius 3 is 2.90 bits per heavy atom. The van der Waals surface area contributed by atoms with Crippen molar-refractivity contribution in [2.75, 3.05) is 24.6 Å². The molecule has 0 spiro atoms. The van der Waals surface area contributed by atoms with Gasteiger partial charge in [-0.2, -0.15) is 11.8 Å². The minimum Gasteiger partial charge on any atom is -0.361 e. The van der Waals surface area contributed by atoms with Crippen LogP contribution in [0.1, 0.15) is 5.56 Å². The van der Waals surface area contributed by atoms with Crippen LogP contribution in [0, 0.1) is 0 Å². The highest BCUT2D eigenvalue weighted by molar-refractivity contribution is 7.99. The molecule has 1 amide bonds. The molecule has 5 heteroatoms. The largest absolute Gasteiger partial charge is 0.361 e. The van der Waals surface area contributed by atoms with Crippen LogP contribution in [0.5, 0.6) is 0 Å². The summed E-state index contributed by atoms with van der Waals surface area (Å²) in [4.78, 5) is 17.5. The average molecular weight is 289 g/mol. The smallest absolute Gasteiger partial charge is 0.239 e. The van der Waals surface area contributed by atoms with Crippen LogP contribution in [-0.4, -0.2) is 46.4 Å². The number of thioether (sulfide) groups is 1. The SMILES string of the molecule is N[C@@H](Cc1c[nH]c2ccccc12)C(=O)N1CCSCC1. The predicted octanol–water partition coefficient (Wildman–Crippen LogP) is 1.61. The summed E-state index contributed by atoms with van der Waals surface area (Å²) in [7, 11) is 0. The van der Waals surface area contributed by atoms with E-state index in [1.54, 1.807) is 0 Å². The monoisotopic (exact) mass is 289 g/mol. The number of amides is 1. The van der Waals surface area contributed by atoms with Gasteiger partial charge in [0.2, 0.25) is 5.91 Å². The summed E-state index contributed by atoms with van der Waals surface area (Å²) in [6.45, 7) is 1.65. The number of rotatable bonds is 3. The van der Waals surface area contributed by atoms with Gasteiger partial charge >= 0.3 is 0 Å². The predicted molar refractivity (Wildman–Crippen MR) is 83.9 cm³/mol. The van der Waals surface area contributed by atoms with Crippen LogP contribution in [0.4, 0.5) is 0 Å². The summed E-state index contributed by atoms with van der Waals surface area (Å²) in [5.74, 6) is 2.12. The number of carbonyl (C=O) groups is 1. The normalized spacial score (nSPS) is 17.4. The van der Waals surface area contributed by atoms with Crippen molar-refractivity contribution in [2.45, 2.75) is 12.5 Å². The van der Waals surface area contributed by atoms with Crippen molar-refractivity contribution in [3.05, 3.63) is 36.0 Å². The highest BCUT2D eigenvalue weighted by Gasteiger charge is 2.23. The fourth-order valence-electron chi connectivity index (χ4n) is 2.64. The van der Waals surface area contributed by atoms with E-state index in [9.17, 15) is 4.79 Å². The van der Waals surface area contributed by atoms with Gasteiger partial charge in [-0.05, 0) is 18.1 Å². The molecule has 3 rings (SSSR count). The molecule has 1 fully saturated rings. The first-order valence-corrected chi connectivity index (χ1v) is 8.08. The molecule has 4 nitrogen and oxygen atoms in total. The highest BCUT2D eigenvalue weighted by atomic mass is 32.2. The Bertz CT molecular complexity index is 604. The second-order valence-electron chi connectivity index (χ2n) is 5.11. The molecule has 0 bridgehead atoms. The first-order chi connectivity index (χ1) is 9.75. The minimum atomic E-state index is -0.447. The Hall–Kier alpha value is -1.46. The first kappa shape index (κ1) is 13.5. The standard InChI is InChI=1S/C15H19N3OS/c16-13(15(19)18-5-7-20-8-6-18)9-11-10-17-14-4-2-1-3-12(11)14/h1-4,10,13,17H,5-9,16H2/t13-/m0/s1. The third kappa shape index (κ3) is 2.69. The lowest BCUT2D eigenvalue weighted by atomic mass is 10.0. The summed E-state index contributed by atoms with van der Waals surface area (Å²) in [5, 5.41) is 1.16. The second-order valence-corrected chi connectivity index (χ2v) is 6.33. The molecule has 0 saturated carbocycles. The van der Waals surface area contributed by atoms with Crippen LogP contribution in [0.3, 0.4) is 0 Å². The molecule has 2 aromatic rings. The Kier molecular flexibility index (Phi) is 3.98. The molecule has 0 unspecified atom stereocenters. The third-order valence-corrected chi connectivity index (χ3v) is 4.70. The third-order valence-electron chi connectivity index (χ3n) is 3.75. The van der Waals surface area contributed by atoms with Gasteiger partial charge in [0.25, 0.3) is 0 Å². The quantitative estimate of drug-likeness (QED) is 0.902. The van der Waals surface area contributed by atoms with E-state index in [1.165, 1.54) is 0 Å². The number of H-pyrrole nitrogens is 1.